The quantitative estimate of drug-likeness (QED) is 0.337. The van der Waals surface area contributed by atoms with Crippen molar-refractivity contribution in [1.29, 1.82) is 0 Å². The topological polar surface area (TPSA) is 79.7 Å². The van der Waals surface area contributed by atoms with Gasteiger partial charge in [-0.3, -0.25) is 4.79 Å². The van der Waals surface area contributed by atoms with E-state index < -0.39 is 5.60 Å². The molecule has 1 aliphatic heterocycles. The summed E-state index contributed by atoms with van der Waals surface area (Å²) in [6.45, 7) is 19.1. The molecule has 0 bridgehead atoms. The van der Waals surface area contributed by atoms with Crippen molar-refractivity contribution < 1.29 is 14.3 Å². The van der Waals surface area contributed by atoms with Gasteiger partial charge in [0.25, 0.3) is 5.91 Å². The number of amides is 2. The average molecular weight is 560 g/mol. The zero-order valence-electron chi connectivity index (χ0n) is 25.9. The molecular formula is C33H45N5O3. The standard InChI is InChI=1S/C33H45N5O3/c1-9-36(10-2)26-13-14-29(24(5)20-26)35-31(39)28-21-34-38(27-12-11-22(3)23(4)19-27)30(28)25-15-17-37(18-16-25)32(40)41-33(6,7)8/h11-14,19-21,25H,9-10,15-18H2,1-8H3,(H,35,39). The summed E-state index contributed by atoms with van der Waals surface area (Å²) in [5, 5.41) is 7.87. The number of aromatic nitrogens is 2. The van der Waals surface area contributed by atoms with Gasteiger partial charge in [-0.15, -0.1) is 0 Å². The minimum Gasteiger partial charge on any atom is -0.444 e. The van der Waals surface area contributed by atoms with Gasteiger partial charge in [0.2, 0.25) is 0 Å². The molecule has 0 atom stereocenters. The number of anilines is 2. The molecule has 2 heterocycles. The van der Waals surface area contributed by atoms with Gasteiger partial charge in [-0.1, -0.05) is 6.07 Å². The van der Waals surface area contributed by atoms with Crippen LogP contribution in [-0.2, 0) is 4.74 Å². The second kappa shape index (κ2) is 12.4. The Hall–Kier alpha value is -3.81. The van der Waals surface area contributed by atoms with E-state index in [9.17, 15) is 9.59 Å². The van der Waals surface area contributed by atoms with Crippen LogP contribution in [0.15, 0.2) is 42.6 Å². The lowest BCUT2D eigenvalue weighted by molar-refractivity contribution is 0.0203. The fourth-order valence-corrected chi connectivity index (χ4v) is 5.41. The molecule has 1 saturated heterocycles. The number of likely N-dealkylation sites (tertiary alicyclic amines) is 1. The van der Waals surface area contributed by atoms with Crippen LogP contribution in [-0.4, -0.2) is 58.5 Å². The molecule has 4 rings (SSSR count). The predicted molar refractivity (Wildman–Crippen MR) is 166 cm³/mol. The molecular weight excluding hydrogens is 514 g/mol. The third kappa shape index (κ3) is 6.92. The van der Waals surface area contributed by atoms with Crippen LogP contribution in [0.4, 0.5) is 16.2 Å². The van der Waals surface area contributed by atoms with Crippen LogP contribution in [0.2, 0.25) is 0 Å². The van der Waals surface area contributed by atoms with Gasteiger partial charge in [-0.2, -0.15) is 5.10 Å². The van der Waals surface area contributed by atoms with Gasteiger partial charge in [-0.05, 0) is 115 Å². The first kappa shape index (κ1) is 30.2. The number of carbonyl (C=O) groups excluding carboxylic acids is 2. The highest BCUT2D eigenvalue weighted by Gasteiger charge is 2.32. The first-order valence-corrected chi connectivity index (χ1v) is 14.7. The lowest BCUT2D eigenvalue weighted by Gasteiger charge is -2.34. The summed E-state index contributed by atoms with van der Waals surface area (Å²) >= 11 is 0. The Morgan fingerprint density at radius 3 is 2.24 bits per heavy atom. The molecule has 1 N–H and O–H groups in total. The maximum Gasteiger partial charge on any atom is 0.410 e. The molecule has 0 spiro atoms. The van der Waals surface area contributed by atoms with Crippen molar-refractivity contribution >= 4 is 23.4 Å². The van der Waals surface area contributed by atoms with Crippen molar-refractivity contribution in [2.24, 2.45) is 0 Å². The van der Waals surface area contributed by atoms with Gasteiger partial charge in [0.1, 0.15) is 5.60 Å². The maximum absolute atomic E-state index is 13.8. The summed E-state index contributed by atoms with van der Waals surface area (Å²) in [4.78, 5) is 30.5. The normalized spacial score (nSPS) is 14.2. The molecule has 2 aromatic carbocycles. The molecule has 0 saturated carbocycles. The zero-order chi connectivity index (χ0) is 29.9. The summed E-state index contributed by atoms with van der Waals surface area (Å²) < 4.78 is 7.51. The third-order valence-electron chi connectivity index (χ3n) is 7.91. The second-order valence-electron chi connectivity index (χ2n) is 12.0. The highest BCUT2D eigenvalue weighted by atomic mass is 16.6. The van der Waals surface area contributed by atoms with Gasteiger partial charge in [-0.25, -0.2) is 9.48 Å². The van der Waals surface area contributed by atoms with Gasteiger partial charge in [0, 0.05) is 43.5 Å². The third-order valence-corrected chi connectivity index (χ3v) is 7.91. The largest absolute Gasteiger partial charge is 0.444 e. The number of nitrogens with one attached hydrogen (secondary N) is 1. The number of ether oxygens (including phenoxy) is 1. The lowest BCUT2D eigenvalue weighted by Crippen LogP contribution is -2.41. The van der Waals surface area contributed by atoms with Crippen LogP contribution in [0.3, 0.4) is 0 Å². The van der Waals surface area contributed by atoms with E-state index in [1.165, 1.54) is 11.1 Å². The summed E-state index contributed by atoms with van der Waals surface area (Å²) in [6, 6.07) is 12.4. The van der Waals surface area contributed by atoms with E-state index in [1.54, 1.807) is 11.1 Å². The summed E-state index contributed by atoms with van der Waals surface area (Å²) in [5.74, 6) is -0.118. The first-order chi connectivity index (χ1) is 19.4. The Kier molecular flexibility index (Phi) is 9.10. The van der Waals surface area contributed by atoms with Gasteiger partial charge >= 0.3 is 6.09 Å². The molecule has 2 amide bonds. The highest BCUT2D eigenvalue weighted by molar-refractivity contribution is 6.05. The van der Waals surface area contributed by atoms with Crippen LogP contribution in [0.1, 0.15) is 86.1 Å². The molecule has 220 valence electrons. The van der Waals surface area contributed by atoms with Gasteiger partial charge in [0.05, 0.1) is 23.1 Å². The van der Waals surface area contributed by atoms with Gasteiger partial charge < -0.3 is 19.9 Å². The predicted octanol–water partition coefficient (Wildman–Crippen LogP) is 7.01. The van der Waals surface area contributed by atoms with Gasteiger partial charge in [0.15, 0.2) is 0 Å². The molecule has 41 heavy (non-hydrogen) atoms. The Morgan fingerprint density at radius 1 is 0.976 bits per heavy atom. The number of aryl methyl sites for hydroxylation is 3. The molecule has 1 fully saturated rings. The van der Waals surface area contributed by atoms with E-state index in [0.29, 0.717) is 31.5 Å². The van der Waals surface area contributed by atoms with Crippen LogP contribution in [0.5, 0.6) is 0 Å². The van der Waals surface area contributed by atoms with E-state index >= 15 is 0 Å². The fraction of sp³-hybridized carbons (Fsp3) is 0.485. The SMILES string of the molecule is CCN(CC)c1ccc(NC(=O)c2cnn(-c3ccc(C)c(C)c3)c2C2CCN(C(=O)OC(C)(C)C)CC2)c(C)c1. The van der Waals surface area contributed by atoms with Crippen LogP contribution in [0.25, 0.3) is 5.69 Å². The van der Waals surface area contributed by atoms with Crippen molar-refractivity contribution in [1.82, 2.24) is 14.7 Å². The van der Waals surface area contributed by atoms with Crippen molar-refractivity contribution in [2.75, 3.05) is 36.4 Å². The molecule has 0 unspecified atom stereocenters. The number of hydrogen-bond donors (Lipinski definition) is 1. The van der Waals surface area contributed by atoms with Crippen molar-refractivity contribution in [3.8, 4) is 5.69 Å². The zero-order valence-corrected chi connectivity index (χ0v) is 25.9. The van der Waals surface area contributed by atoms with Crippen LogP contribution < -0.4 is 10.2 Å². The molecule has 3 aromatic rings. The molecule has 0 aliphatic carbocycles. The van der Waals surface area contributed by atoms with E-state index in [1.807, 2.05) is 44.5 Å². The average Bonchev–Trinajstić information content (AvgIpc) is 3.37. The molecule has 1 aromatic heterocycles. The summed E-state index contributed by atoms with van der Waals surface area (Å²) in [5.41, 5.74) is 7.14. The number of benzene rings is 2. The Labute approximate surface area is 244 Å². The highest BCUT2D eigenvalue weighted by Crippen LogP contribution is 2.34. The van der Waals surface area contributed by atoms with Crippen molar-refractivity contribution in [3.05, 3.63) is 70.5 Å². The Bertz CT molecular complexity index is 1390. The van der Waals surface area contributed by atoms with E-state index in [4.69, 9.17) is 9.84 Å². The van der Waals surface area contributed by atoms with E-state index in [-0.39, 0.29) is 17.9 Å². The fourth-order valence-electron chi connectivity index (χ4n) is 5.41. The Balaban J connectivity index is 1.63. The molecule has 1 aliphatic rings. The van der Waals surface area contributed by atoms with Crippen LogP contribution >= 0.6 is 0 Å². The van der Waals surface area contributed by atoms with Crippen molar-refractivity contribution in [3.63, 3.8) is 0 Å². The summed E-state index contributed by atoms with van der Waals surface area (Å²) in [7, 11) is 0. The molecule has 0 radical (unpaired) electrons. The molecule has 8 nitrogen and oxygen atoms in total. The number of rotatable bonds is 7. The second-order valence-corrected chi connectivity index (χ2v) is 12.0. The number of hydrogen-bond acceptors (Lipinski definition) is 5. The number of carbonyl (C=O) groups is 2. The number of nitrogens with zero attached hydrogens (tertiary/aromatic N) is 4. The van der Waals surface area contributed by atoms with Crippen LogP contribution in [0, 0.1) is 20.8 Å². The lowest BCUT2D eigenvalue weighted by atomic mass is 9.90. The monoisotopic (exact) mass is 559 g/mol. The first-order valence-electron chi connectivity index (χ1n) is 14.7. The van der Waals surface area contributed by atoms with E-state index in [2.05, 4.69) is 62.2 Å². The minimum absolute atomic E-state index is 0.0599. The summed E-state index contributed by atoms with van der Waals surface area (Å²) in [6.07, 6.45) is 2.82. The number of piperidine rings is 1. The van der Waals surface area contributed by atoms with E-state index in [0.717, 1.165) is 41.4 Å². The smallest absolute Gasteiger partial charge is 0.410 e. The Morgan fingerprint density at radius 2 is 1.66 bits per heavy atom. The minimum atomic E-state index is -0.539. The maximum atomic E-state index is 13.8. The molecule has 8 heteroatoms. The van der Waals surface area contributed by atoms with Crippen molar-refractivity contribution in [2.45, 2.75) is 79.8 Å².